The van der Waals surface area contributed by atoms with Crippen molar-refractivity contribution in [1.29, 1.82) is 0 Å². The smallest absolute Gasteiger partial charge is 0.252 e. The van der Waals surface area contributed by atoms with Gasteiger partial charge in [-0.1, -0.05) is 6.07 Å². The zero-order valence-corrected chi connectivity index (χ0v) is 20.7. The second-order valence-corrected chi connectivity index (χ2v) is 12.7. The number of likely N-dealkylation sites (N-methyl/N-ethyl adjacent to an activating group) is 1. The molecule has 0 aromatic carbocycles. The van der Waals surface area contributed by atoms with E-state index in [0.717, 1.165) is 0 Å². The maximum absolute atomic E-state index is 12.4. The van der Waals surface area contributed by atoms with Crippen molar-refractivity contribution in [3.05, 3.63) is 17.5 Å². The summed E-state index contributed by atoms with van der Waals surface area (Å²) >= 11 is 1.19. The topological polar surface area (TPSA) is 99.2 Å². The van der Waals surface area contributed by atoms with Crippen LogP contribution in [-0.4, -0.2) is 82.8 Å². The molecule has 1 fully saturated rings. The molecule has 0 unspecified atom stereocenters. The minimum absolute atomic E-state index is 0. The van der Waals surface area contributed by atoms with Gasteiger partial charge in [0.1, 0.15) is 4.21 Å². The van der Waals surface area contributed by atoms with E-state index in [1.807, 2.05) is 4.90 Å². The molecule has 1 aromatic heterocycles. The molecule has 1 aliphatic heterocycles. The highest BCUT2D eigenvalue weighted by Gasteiger charge is 2.40. The van der Waals surface area contributed by atoms with Gasteiger partial charge in [-0.25, -0.2) is 16.8 Å². The Labute approximate surface area is 183 Å². The normalized spacial score (nSPS) is 19.6. The van der Waals surface area contributed by atoms with Crippen LogP contribution >= 0.6 is 35.3 Å². The highest BCUT2D eigenvalue weighted by molar-refractivity contribution is 14.0. The van der Waals surface area contributed by atoms with Crippen molar-refractivity contribution in [2.45, 2.75) is 22.8 Å². The minimum atomic E-state index is -3.48. The average Bonchev–Trinajstić information content (AvgIpc) is 3.09. The summed E-state index contributed by atoms with van der Waals surface area (Å²) in [5.41, 5.74) is 0. The van der Waals surface area contributed by atoms with E-state index in [0.29, 0.717) is 29.8 Å². The molecule has 156 valence electrons. The summed E-state index contributed by atoms with van der Waals surface area (Å²) < 4.78 is 49.8. The Morgan fingerprint density at radius 1 is 1.44 bits per heavy atom. The third kappa shape index (κ3) is 5.55. The summed E-state index contributed by atoms with van der Waals surface area (Å²) in [6, 6.07) is 3.29. The first-order valence-electron chi connectivity index (χ1n) is 8.19. The van der Waals surface area contributed by atoms with Crippen LogP contribution in [0.3, 0.4) is 0 Å². The van der Waals surface area contributed by atoms with Gasteiger partial charge in [-0.05, 0) is 25.3 Å². The molecule has 0 saturated carbocycles. The van der Waals surface area contributed by atoms with Crippen LogP contribution in [-0.2, 0) is 19.9 Å². The molecule has 1 aromatic rings. The number of aliphatic imine (C=N–C) groups is 1. The van der Waals surface area contributed by atoms with E-state index in [4.69, 9.17) is 0 Å². The lowest BCUT2D eigenvalue weighted by Crippen LogP contribution is -2.57. The van der Waals surface area contributed by atoms with E-state index in [2.05, 4.69) is 10.3 Å². The Kier molecular flexibility index (Phi) is 8.54. The van der Waals surface area contributed by atoms with Crippen LogP contribution < -0.4 is 5.32 Å². The van der Waals surface area contributed by atoms with Crippen LogP contribution in [0.1, 0.15) is 13.8 Å². The van der Waals surface area contributed by atoms with Crippen molar-refractivity contribution in [3.8, 4) is 0 Å². The van der Waals surface area contributed by atoms with Gasteiger partial charge in [0.05, 0.1) is 10.5 Å². The molecule has 0 amide bonds. The first kappa shape index (κ1) is 24.6. The molecule has 1 aliphatic rings. The lowest BCUT2D eigenvalue weighted by atomic mass is 10.2. The van der Waals surface area contributed by atoms with Crippen molar-refractivity contribution in [1.82, 2.24) is 14.5 Å². The standard InChI is InChI=1S/C15H26N4O4S3.HI/c1-15(2)12-19(9-11-25(15,20)21)14(16-3)17-7-8-18(4)26(22,23)13-6-5-10-24-13;/h5-6,10H,7-9,11-12H2,1-4H3,(H,16,17);1H. The third-order valence-electron chi connectivity index (χ3n) is 4.42. The number of nitrogens with one attached hydrogen (secondary N) is 1. The fourth-order valence-corrected chi connectivity index (χ4v) is 6.40. The maximum atomic E-state index is 12.4. The molecule has 2 rings (SSSR count). The molecule has 0 spiro atoms. The van der Waals surface area contributed by atoms with Gasteiger partial charge in [0, 0.05) is 40.3 Å². The summed E-state index contributed by atoms with van der Waals surface area (Å²) in [6.07, 6.45) is 0. The Bertz CT molecular complexity index is 852. The first-order chi connectivity index (χ1) is 12.0. The number of thiophene rings is 1. The summed E-state index contributed by atoms with van der Waals surface area (Å²) in [6.45, 7) is 4.78. The molecular weight excluding hydrogens is 523 g/mol. The molecule has 0 atom stereocenters. The quantitative estimate of drug-likeness (QED) is 0.335. The number of halogens is 1. The fourth-order valence-electron chi connectivity index (χ4n) is 2.67. The Morgan fingerprint density at radius 2 is 2.11 bits per heavy atom. The number of nitrogens with zero attached hydrogens (tertiary/aromatic N) is 3. The molecule has 0 aliphatic carbocycles. The van der Waals surface area contributed by atoms with Gasteiger partial charge in [0.2, 0.25) is 0 Å². The largest absolute Gasteiger partial charge is 0.355 e. The number of hydrogen-bond acceptors (Lipinski definition) is 6. The second kappa shape index (κ2) is 9.37. The van der Waals surface area contributed by atoms with Crippen LogP contribution in [0.5, 0.6) is 0 Å². The Balaban J connectivity index is 0.00000364. The van der Waals surface area contributed by atoms with E-state index in [1.165, 1.54) is 22.7 Å². The van der Waals surface area contributed by atoms with Crippen LogP contribution in [0, 0.1) is 0 Å². The van der Waals surface area contributed by atoms with Crippen molar-refractivity contribution < 1.29 is 16.8 Å². The number of hydrogen-bond donors (Lipinski definition) is 1. The zero-order chi connectivity index (χ0) is 19.6. The minimum Gasteiger partial charge on any atom is -0.355 e. The monoisotopic (exact) mass is 550 g/mol. The van der Waals surface area contributed by atoms with Crippen LogP contribution in [0.4, 0.5) is 0 Å². The lowest BCUT2D eigenvalue weighted by Gasteiger charge is -2.39. The number of guanidine groups is 1. The van der Waals surface area contributed by atoms with E-state index in [1.54, 1.807) is 38.4 Å². The molecule has 1 saturated heterocycles. The Morgan fingerprint density at radius 3 is 2.63 bits per heavy atom. The van der Waals surface area contributed by atoms with Crippen LogP contribution in [0.25, 0.3) is 0 Å². The lowest BCUT2D eigenvalue weighted by molar-refractivity contribution is 0.352. The van der Waals surface area contributed by atoms with Crippen molar-refractivity contribution in [3.63, 3.8) is 0 Å². The highest BCUT2D eigenvalue weighted by atomic mass is 127. The van der Waals surface area contributed by atoms with Gasteiger partial charge >= 0.3 is 0 Å². The van der Waals surface area contributed by atoms with Gasteiger partial charge in [-0.3, -0.25) is 4.99 Å². The van der Waals surface area contributed by atoms with Crippen molar-refractivity contribution in [2.75, 3.05) is 46.0 Å². The molecule has 0 radical (unpaired) electrons. The molecular formula is C15H27IN4O4S3. The third-order valence-corrected chi connectivity index (χ3v) is 10.2. The van der Waals surface area contributed by atoms with E-state index < -0.39 is 24.6 Å². The molecule has 2 heterocycles. The fraction of sp³-hybridized carbons (Fsp3) is 0.667. The molecule has 27 heavy (non-hydrogen) atoms. The Hall–Kier alpha value is -0.440. The van der Waals surface area contributed by atoms with Crippen molar-refractivity contribution in [2.24, 2.45) is 4.99 Å². The molecule has 0 bridgehead atoms. The van der Waals surface area contributed by atoms with E-state index in [9.17, 15) is 16.8 Å². The molecule has 12 heteroatoms. The summed E-state index contributed by atoms with van der Waals surface area (Å²) in [5.74, 6) is 0.655. The summed E-state index contributed by atoms with van der Waals surface area (Å²) in [7, 11) is -3.44. The number of sulfonamides is 1. The average molecular weight is 551 g/mol. The summed E-state index contributed by atoms with van der Waals surface area (Å²) in [5, 5.41) is 4.86. The highest BCUT2D eigenvalue weighted by Crippen LogP contribution is 2.23. The van der Waals surface area contributed by atoms with Crippen LogP contribution in [0.2, 0.25) is 0 Å². The van der Waals surface area contributed by atoms with Crippen molar-refractivity contribution >= 4 is 61.1 Å². The first-order valence-corrected chi connectivity index (χ1v) is 12.2. The summed E-state index contributed by atoms with van der Waals surface area (Å²) in [4.78, 5) is 6.10. The number of rotatable bonds is 5. The van der Waals surface area contributed by atoms with Crippen LogP contribution in [0.15, 0.2) is 26.7 Å². The SMILES string of the molecule is CN=C(NCCN(C)S(=O)(=O)c1cccs1)N1CCS(=O)(=O)C(C)(C)C1.I. The predicted octanol–water partition coefficient (Wildman–Crippen LogP) is 1.07. The van der Waals surface area contributed by atoms with Gasteiger partial charge in [0.15, 0.2) is 15.8 Å². The number of sulfone groups is 1. The predicted molar refractivity (Wildman–Crippen MR) is 120 cm³/mol. The molecule has 8 nitrogen and oxygen atoms in total. The van der Waals surface area contributed by atoms with E-state index in [-0.39, 0.29) is 36.3 Å². The van der Waals surface area contributed by atoms with Gasteiger partial charge in [-0.2, -0.15) is 4.31 Å². The van der Waals surface area contributed by atoms with Gasteiger partial charge in [0.25, 0.3) is 10.0 Å². The zero-order valence-electron chi connectivity index (χ0n) is 15.9. The van der Waals surface area contributed by atoms with Gasteiger partial charge < -0.3 is 10.2 Å². The van der Waals surface area contributed by atoms with E-state index >= 15 is 0 Å². The van der Waals surface area contributed by atoms with Gasteiger partial charge in [-0.15, -0.1) is 35.3 Å². The maximum Gasteiger partial charge on any atom is 0.252 e. The molecule has 1 N–H and O–H groups in total. The second-order valence-electron chi connectivity index (χ2n) is 6.73.